The second kappa shape index (κ2) is 7.05. The Kier molecular flexibility index (Phi) is 5.06. The van der Waals surface area contributed by atoms with Crippen LogP contribution >= 0.6 is 27.7 Å². The topological polar surface area (TPSA) is 57.7 Å². The van der Waals surface area contributed by atoms with E-state index in [4.69, 9.17) is 0 Å². The van der Waals surface area contributed by atoms with E-state index in [1.807, 2.05) is 24.3 Å². The van der Waals surface area contributed by atoms with Gasteiger partial charge in [-0.3, -0.25) is 19.3 Å². The van der Waals surface area contributed by atoms with Crippen LogP contribution in [0.1, 0.15) is 18.4 Å². The zero-order valence-electron chi connectivity index (χ0n) is 12.5. The van der Waals surface area contributed by atoms with Crippen molar-refractivity contribution >= 4 is 44.7 Å². The Morgan fingerprint density at radius 2 is 2.09 bits per heavy atom. The molecule has 1 atom stereocenters. The molecule has 0 bridgehead atoms. The third-order valence-electron chi connectivity index (χ3n) is 4.23. The predicted molar refractivity (Wildman–Crippen MR) is 92.1 cm³/mol. The Balaban J connectivity index is 1.54. The first-order valence-electron chi connectivity index (χ1n) is 7.56. The summed E-state index contributed by atoms with van der Waals surface area (Å²) in [6.07, 6.45) is 1.80. The lowest BCUT2D eigenvalue weighted by Gasteiger charge is -2.22. The first-order valence-corrected chi connectivity index (χ1v) is 9.34. The van der Waals surface area contributed by atoms with Gasteiger partial charge in [0.05, 0.1) is 11.8 Å². The van der Waals surface area contributed by atoms with Gasteiger partial charge in [0.1, 0.15) is 0 Å². The van der Waals surface area contributed by atoms with Gasteiger partial charge in [-0.2, -0.15) is 0 Å². The molecule has 122 valence electrons. The van der Waals surface area contributed by atoms with E-state index in [1.54, 1.807) is 4.90 Å². The van der Waals surface area contributed by atoms with E-state index in [-0.39, 0.29) is 28.8 Å². The third-order valence-corrected chi connectivity index (χ3v) is 5.84. The molecule has 2 saturated heterocycles. The number of halogens is 1. The molecular formula is C16H17BrN2O3S. The number of carbonyl (C=O) groups is 3. The smallest absolute Gasteiger partial charge is 0.289 e. The van der Waals surface area contributed by atoms with Crippen LogP contribution < -0.4 is 0 Å². The van der Waals surface area contributed by atoms with Crippen LogP contribution in [-0.2, 0) is 16.0 Å². The molecule has 0 N–H and O–H groups in total. The molecule has 0 aromatic heterocycles. The molecule has 23 heavy (non-hydrogen) atoms. The lowest BCUT2D eigenvalue weighted by atomic mass is 10.1. The second-order valence-electron chi connectivity index (χ2n) is 5.69. The monoisotopic (exact) mass is 396 g/mol. The van der Waals surface area contributed by atoms with Crippen molar-refractivity contribution < 1.29 is 14.4 Å². The van der Waals surface area contributed by atoms with Crippen molar-refractivity contribution in [1.82, 2.24) is 9.80 Å². The molecule has 0 aliphatic carbocycles. The molecule has 2 heterocycles. The number of likely N-dealkylation sites (tertiary alicyclic amines) is 1. The van der Waals surface area contributed by atoms with Crippen molar-refractivity contribution in [1.29, 1.82) is 0 Å². The number of amides is 3. The highest BCUT2D eigenvalue weighted by atomic mass is 79.9. The van der Waals surface area contributed by atoms with Crippen LogP contribution in [0.4, 0.5) is 4.79 Å². The van der Waals surface area contributed by atoms with Gasteiger partial charge in [0.2, 0.25) is 11.8 Å². The van der Waals surface area contributed by atoms with Crippen molar-refractivity contribution in [2.45, 2.75) is 25.3 Å². The summed E-state index contributed by atoms with van der Waals surface area (Å²) < 4.78 is 1.01. The molecule has 1 unspecified atom stereocenters. The largest absolute Gasteiger partial charge is 0.341 e. The number of aryl methyl sites for hydroxylation is 1. The Morgan fingerprint density at radius 1 is 1.30 bits per heavy atom. The Labute approximate surface area is 147 Å². The average molecular weight is 397 g/mol. The van der Waals surface area contributed by atoms with Crippen molar-refractivity contribution in [2.75, 3.05) is 18.8 Å². The number of rotatable bonds is 4. The number of benzene rings is 1. The van der Waals surface area contributed by atoms with Crippen molar-refractivity contribution in [3.05, 3.63) is 34.3 Å². The minimum absolute atomic E-state index is 0.0787. The summed E-state index contributed by atoms with van der Waals surface area (Å²) in [5.74, 6) is 0.174. The predicted octanol–water partition coefficient (Wildman–Crippen LogP) is 2.68. The van der Waals surface area contributed by atoms with Gasteiger partial charge in [0, 0.05) is 24.0 Å². The van der Waals surface area contributed by atoms with Gasteiger partial charge in [-0.1, -0.05) is 45.9 Å². The maximum absolute atomic E-state index is 12.4. The summed E-state index contributed by atoms with van der Waals surface area (Å²) in [4.78, 5) is 39.0. The molecule has 3 amide bonds. The van der Waals surface area contributed by atoms with Crippen molar-refractivity contribution in [2.24, 2.45) is 0 Å². The molecule has 2 aliphatic rings. The minimum atomic E-state index is -0.178. The molecule has 0 saturated carbocycles. The molecule has 0 spiro atoms. The molecule has 5 nitrogen and oxygen atoms in total. The molecule has 1 aromatic rings. The molecule has 7 heteroatoms. The lowest BCUT2D eigenvalue weighted by Crippen LogP contribution is -2.41. The van der Waals surface area contributed by atoms with Crippen LogP contribution in [0.3, 0.4) is 0 Å². The summed E-state index contributed by atoms with van der Waals surface area (Å²) in [5, 5.41) is -0.178. The fourth-order valence-electron chi connectivity index (χ4n) is 3.00. The van der Waals surface area contributed by atoms with Gasteiger partial charge < -0.3 is 4.90 Å². The fourth-order valence-corrected chi connectivity index (χ4v) is 4.26. The Bertz CT molecular complexity index is 636. The summed E-state index contributed by atoms with van der Waals surface area (Å²) in [7, 11) is 0. The third kappa shape index (κ3) is 3.61. The van der Waals surface area contributed by atoms with Crippen LogP contribution in [0.2, 0.25) is 0 Å². The highest BCUT2D eigenvalue weighted by molar-refractivity contribution is 9.10. The molecule has 1 aromatic carbocycles. The van der Waals surface area contributed by atoms with Gasteiger partial charge in [-0.05, 0) is 24.5 Å². The first kappa shape index (κ1) is 16.5. The molecule has 2 aliphatic heterocycles. The number of hydrogen-bond acceptors (Lipinski definition) is 4. The maximum atomic E-state index is 12.4. The fraction of sp³-hybridized carbons (Fsp3) is 0.438. The Morgan fingerprint density at radius 3 is 2.78 bits per heavy atom. The standard InChI is InChI=1S/C16H17BrN2O3S/c17-13-4-2-1-3-11(13)5-6-14(20)18-8-7-12(9-18)19-15(21)10-23-16(19)22/h1-4,12H,5-10H2. The van der Waals surface area contributed by atoms with E-state index in [0.717, 1.165) is 21.8 Å². The number of imide groups is 1. The van der Waals surface area contributed by atoms with Gasteiger partial charge >= 0.3 is 0 Å². The summed E-state index contributed by atoms with van der Waals surface area (Å²) in [6.45, 7) is 1.08. The molecular weight excluding hydrogens is 380 g/mol. The normalized spacial score (nSPS) is 21.3. The summed E-state index contributed by atoms with van der Waals surface area (Å²) >= 11 is 4.54. The SMILES string of the molecule is O=C(CCc1ccccc1Br)N1CCC(N2C(=O)CSC2=O)C1. The van der Waals surface area contributed by atoms with E-state index < -0.39 is 0 Å². The second-order valence-corrected chi connectivity index (χ2v) is 7.47. The first-order chi connectivity index (χ1) is 11.1. The maximum Gasteiger partial charge on any atom is 0.289 e. The van der Waals surface area contributed by atoms with E-state index >= 15 is 0 Å². The van der Waals surface area contributed by atoms with Crippen molar-refractivity contribution in [3.8, 4) is 0 Å². The van der Waals surface area contributed by atoms with Crippen LogP contribution in [-0.4, -0.2) is 51.7 Å². The van der Waals surface area contributed by atoms with Gasteiger partial charge in [0.15, 0.2) is 0 Å². The molecule has 0 radical (unpaired) electrons. The number of carbonyl (C=O) groups excluding carboxylic acids is 3. The van der Waals surface area contributed by atoms with Gasteiger partial charge in [-0.15, -0.1) is 0 Å². The molecule has 2 fully saturated rings. The van der Waals surface area contributed by atoms with Crippen LogP contribution in [0, 0.1) is 0 Å². The van der Waals surface area contributed by atoms with Gasteiger partial charge in [-0.25, -0.2) is 0 Å². The van der Waals surface area contributed by atoms with E-state index in [2.05, 4.69) is 15.9 Å². The van der Waals surface area contributed by atoms with Crippen molar-refractivity contribution in [3.63, 3.8) is 0 Å². The highest BCUT2D eigenvalue weighted by Crippen LogP contribution is 2.26. The lowest BCUT2D eigenvalue weighted by molar-refractivity contribution is -0.131. The average Bonchev–Trinajstić information content (AvgIpc) is 3.13. The van der Waals surface area contributed by atoms with Crippen LogP contribution in [0.25, 0.3) is 0 Å². The number of nitrogens with zero attached hydrogens (tertiary/aromatic N) is 2. The van der Waals surface area contributed by atoms with Crippen LogP contribution in [0.5, 0.6) is 0 Å². The zero-order chi connectivity index (χ0) is 16.4. The summed E-state index contributed by atoms with van der Waals surface area (Å²) in [6, 6.07) is 7.72. The quantitative estimate of drug-likeness (QED) is 0.784. The van der Waals surface area contributed by atoms with E-state index in [0.29, 0.717) is 32.4 Å². The Hall–Kier alpha value is -1.34. The molecule has 3 rings (SSSR count). The number of thioether (sulfide) groups is 1. The van der Waals surface area contributed by atoms with E-state index in [1.165, 1.54) is 4.90 Å². The highest BCUT2D eigenvalue weighted by Gasteiger charge is 2.39. The van der Waals surface area contributed by atoms with Gasteiger partial charge in [0.25, 0.3) is 5.24 Å². The zero-order valence-corrected chi connectivity index (χ0v) is 14.9. The minimum Gasteiger partial charge on any atom is -0.341 e. The number of hydrogen-bond donors (Lipinski definition) is 0. The summed E-state index contributed by atoms with van der Waals surface area (Å²) in [5.41, 5.74) is 1.11. The van der Waals surface area contributed by atoms with Crippen LogP contribution in [0.15, 0.2) is 28.7 Å². The van der Waals surface area contributed by atoms with E-state index in [9.17, 15) is 14.4 Å².